The van der Waals surface area contributed by atoms with Crippen LogP contribution in [0.15, 0.2) is 0 Å². The van der Waals surface area contributed by atoms with Crippen molar-refractivity contribution in [1.29, 1.82) is 0 Å². The van der Waals surface area contributed by atoms with Crippen molar-refractivity contribution < 1.29 is 13.6 Å². The number of rotatable bonds is 8. The van der Waals surface area contributed by atoms with Crippen LogP contribution in [0.2, 0.25) is 6.55 Å². The largest absolute Gasteiger partial charge is 0.396 e. The van der Waals surface area contributed by atoms with E-state index in [9.17, 15) is 0 Å². The van der Waals surface area contributed by atoms with Gasteiger partial charge in [0.05, 0.1) is 5.60 Å². The molecule has 3 nitrogen and oxygen atoms in total. The molecule has 0 aromatic carbocycles. The maximum absolute atomic E-state index is 6.35. The lowest BCUT2D eigenvalue weighted by Gasteiger charge is -2.46. The van der Waals surface area contributed by atoms with Crippen LogP contribution in [-0.4, -0.2) is 33.6 Å². The molecule has 0 bridgehead atoms. The van der Waals surface area contributed by atoms with Gasteiger partial charge in [-0.25, -0.2) is 0 Å². The summed E-state index contributed by atoms with van der Waals surface area (Å²) in [4.78, 5) is 0. The van der Waals surface area contributed by atoms with Crippen molar-refractivity contribution in [2.75, 3.05) is 14.2 Å². The van der Waals surface area contributed by atoms with Crippen molar-refractivity contribution in [2.24, 2.45) is 0 Å². The summed E-state index contributed by atoms with van der Waals surface area (Å²) >= 11 is 0. The highest BCUT2D eigenvalue weighted by molar-refractivity contribution is 6.69. The number of hydrogen-bond acceptors (Lipinski definition) is 3. The van der Waals surface area contributed by atoms with Crippen LogP contribution in [0.4, 0.5) is 0 Å². The van der Waals surface area contributed by atoms with Gasteiger partial charge in [0.25, 0.3) is 0 Å². The van der Waals surface area contributed by atoms with Crippen LogP contribution in [0.25, 0.3) is 0 Å². The Morgan fingerprint density at radius 3 is 1.65 bits per heavy atom. The summed E-state index contributed by atoms with van der Waals surface area (Å²) in [7, 11) is 1.13. The molecule has 1 atom stereocenters. The molecule has 4 heteroatoms. The molecule has 0 aliphatic heterocycles. The molecule has 0 radical (unpaired) electrons. The third-order valence-electron chi connectivity index (χ3n) is 4.07. The van der Waals surface area contributed by atoms with E-state index in [2.05, 4.69) is 41.2 Å². The van der Waals surface area contributed by atoms with E-state index < -0.39 is 8.56 Å². The van der Waals surface area contributed by atoms with Gasteiger partial charge in [0.1, 0.15) is 5.22 Å². The van der Waals surface area contributed by atoms with Gasteiger partial charge in [-0.05, 0) is 39.7 Å². The molecule has 0 saturated carbocycles. The van der Waals surface area contributed by atoms with E-state index in [-0.39, 0.29) is 10.8 Å². The Hall–Kier alpha value is 0.0969. The lowest BCUT2D eigenvalue weighted by Crippen LogP contribution is -2.63. The highest BCUT2D eigenvalue weighted by atomic mass is 28.4. The molecule has 1 unspecified atom stereocenters. The van der Waals surface area contributed by atoms with E-state index in [4.69, 9.17) is 13.6 Å². The number of ether oxygens (including phenoxy) is 1. The van der Waals surface area contributed by atoms with Gasteiger partial charge in [0.2, 0.25) is 0 Å². The lowest BCUT2D eigenvalue weighted by molar-refractivity contribution is -0.0338. The summed E-state index contributed by atoms with van der Waals surface area (Å²) in [6, 6.07) is 0. The second kappa shape index (κ2) is 6.32. The van der Waals surface area contributed by atoms with Crippen molar-refractivity contribution in [2.45, 2.75) is 71.3 Å². The van der Waals surface area contributed by atoms with Crippen LogP contribution in [-0.2, 0) is 13.6 Å². The molecule has 104 valence electrons. The van der Waals surface area contributed by atoms with Gasteiger partial charge in [-0.3, -0.25) is 0 Å². The minimum absolute atomic E-state index is 0.162. The van der Waals surface area contributed by atoms with Crippen LogP contribution in [0, 0.1) is 0 Å². The molecule has 0 aliphatic carbocycles. The van der Waals surface area contributed by atoms with Crippen molar-refractivity contribution >= 4 is 8.56 Å². The number of methoxy groups -OCH3 is 1. The quantitative estimate of drug-likeness (QED) is 0.625. The molecule has 0 amide bonds. The monoisotopic (exact) mass is 262 g/mol. The Bertz CT molecular complexity index is 218. The molecule has 0 saturated heterocycles. The summed E-state index contributed by atoms with van der Waals surface area (Å²) in [6.07, 6.45) is 2.79. The SMILES string of the molecule is CCC(C)(C)O[Si](C)(OC)C(CC)(CC)OC. The first-order valence-corrected chi connectivity index (χ1v) is 8.88. The van der Waals surface area contributed by atoms with E-state index in [0.29, 0.717) is 0 Å². The standard InChI is InChI=1S/C13H30O3Si/c1-9-12(4,5)16-17(8,15-7)13(10-2,11-3)14-6/h9-11H2,1-8H3. The van der Waals surface area contributed by atoms with E-state index in [0.717, 1.165) is 19.3 Å². The van der Waals surface area contributed by atoms with Crippen LogP contribution in [0.1, 0.15) is 53.9 Å². The molecule has 0 N–H and O–H groups in total. The van der Waals surface area contributed by atoms with Gasteiger partial charge in [-0.2, -0.15) is 0 Å². The Morgan fingerprint density at radius 2 is 1.41 bits per heavy atom. The summed E-state index contributed by atoms with van der Waals surface area (Å²) in [5, 5.41) is -0.270. The van der Waals surface area contributed by atoms with Gasteiger partial charge >= 0.3 is 8.56 Å². The van der Waals surface area contributed by atoms with Crippen molar-refractivity contribution in [1.82, 2.24) is 0 Å². The van der Waals surface area contributed by atoms with E-state index in [1.54, 1.807) is 14.2 Å². The second-order valence-corrected chi connectivity index (χ2v) is 8.69. The topological polar surface area (TPSA) is 27.7 Å². The van der Waals surface area contributed by atoms with E-state index >= 15 is 0 Å². The average molecular weight is 262 g/mol. The highest BCUT2D eigenvalue weighted by Gasteiger charge is 2.54. The van der Waals surface area contributed by atoms with Gasteiger partial charge in [0, 0.05) is 14.2 Å². The average Bonchev–Trinajstić information content (AvgIpc) is 2.31. The molecular weight excluding hydrogens is 232 g/mol. The summed E-state index contributed by atoms with van der Waals surface area (Å²) in [5.74, 6) is 0. The van der Waals surface area contributed by atoms with E-state index in [1.807, 2.05) is 0 Å². The van der Waals surface area contributed by atoms with Gasteiger partial charge in [-0.15, -0.1) is 0 Å². The van der Waals surface area contributed by atoms with Gasteiger partial charge in [0.15, 0.2) is 0 Å². The van der Waals surface area contributed by atoms with Crippen LogP contribution in [0.3, 0.4) is 0 Å². The van der Waals surface area contributed by atoms with E-state index in [1.165, 1.54) is 0 Å². The van der Waals surface area contributed by atoms with Crippen LogP contribution >= 0.6 is 0 Å². The molecular formula is C13H30O3Si. The molecule has 17 heavy (non-hydrogen) atoms. The van der Waals surface area contributed by atoms with Crippen molar-refractivity contribution in [3.05, 3.63) is 0 Å². The molecule has 0 fully saturated rings. The maximum Gasteiger partial charge on any atom is 0.368 e. The zero-order valence-corrected chi connectivity index (χ0v) is 13.8. The first-order chi connectivity index (χ1) is 7.76. The Kier molecular flexibility index (Phi) is 6.35. The molecule has 0 aromatic heterocycles. The predicted octanol–water partition coefficient (Wildman–Crippen LogP) is 3.65. The molecule has 0 aliphatic rings. The maximum atomic E-state index is 6.35. The Labute approximate surface area is 108 Å². The fourth-order valence-electron chi connectivity index (χ4n) is 2.29. The number of hydrogen-bond donors (Lipinski definition) is 0. The third kappa shape index (κ3) is 3.53. The first kappa shape index (κ1) is 17.1. The van der Waals surface area contributed by atoms with Crippen LogP contribution < -0.4 is 0 Å². The van der Waals surface area contributed by atoms with Crippen molar-refractivity contribution in [3.8, 4) is 0 Å². The molecule has 0 spiro atoms. The van der Waals surface area contributed by atoms with Crippen molar-refractivity contribution in [3.63, 3.8) is 0 Å². The predicted molar refractivity (Wildman–Crippen MR) is 74.4 cm³/mol. The zero-order valence-electron chi connectivity index (χ0n) is 12.8. The lowest BCUT2D eigenvalue weighted by atomic mass is 10.1. The van der Waals surface area contributed by atoms with Crippen LogP contribution in [0.5, 0.6) is 0 Å². The normalized spacial score (nSPS) is 16.9. The Balaban J connectivity index is 5.24. The first-order valence-electron chi connectivity index (χ1n) is 6.56. The molecule has 0 aromatic rings. The van der Waals surface area contributed by atoms with Gasteiger partial charge < -0.3 is 13.6 Å². The smallest absolute Gasteiger partial charge is 0.368 e. The summed E-state index contributed by atoms with van der Waals surface area (Å²) in [5.41, 5.74) is -0.162. The zero-order chi connectivity index (χ0) is 13.7. The fourth-order valence-corrected chi connectivity index (χ4v) is 5.78. The summed E-state index contributed by atoms with van der Waals surface area (Å²) < 4.78 is 18.0. The minimum atomic E-state index is -2.38. The van der Waals surface area contributed by atoms with Gasteiger partial charge in [-0.1, -0.05) is 20.8 Å². The summed E-state index contributed by atoms with van der Waals surface area (Å²) in [6.45, 7) is 12.8. The molecule has 0 heterocycles. The fraction of sp³-hybridized carbons (Fsp3) is 1.00. The highest BCUT2D eigenvalue weighted by Crippen LogP contribution is 2.36. The Morgan fingerprint density at radius 1 is 0.941 bits per heavy atom. The minimum Gasteiger partial charge on any atom is -0.396 e. The molecule has 0 rings (SSSR count). The third-order valence-corrected chi connectivity index (χ3v) is 8.36. The second-order valence-electron chi connectivity index (χ2n) is 5.27.